The molecule has 14 aromatic rings. The lowest BCUT2D eigenvalue weighted by molar-refractivity contribution is 1.18. The zero-order chi connectivity index (χ0) is 49.0. The molecular formula is C69H51N3S. The summed E-state index contributed by atoms with van der Waals surface area (Å²) in [6, 6.07) is 92.6. The third-order valence-corrected chi connectivity index (χ3v) is 15.7. The molecule has 11 aromatic carbocycles. The molecule has 0 aliphatic rings. The summed E-state index contributed by atoms with van der Waals surface area (Å²) in [5.41, 5.74) is 19.3. The van der Waals surface area contributed by atoms with Gasteiger partial charge in [-0.25, -0.2) is 0 Å². The maximum atomic E-state index is 2.43. The molecule has 0 N–H and O–H groups in total. The smallest absolute Gasteiger partial charge is 0.0542 e. The normalized spacial score (nSPS) is 11.5. The fraction of sp³-hybridized carbons (Fsp3) is 0.0435. The van der Waals surface area contributed by atoms with E-state index < -0.39 is 0 Å². The summed E-state index contributed by atoms with van der Waals surface area (Å²) in [6.45, 7) is 6.59. The highest BCUT2D eigenvalue weighted by molar-refractivity contribution is 7.26. The molecular weight excluding hydrogens is 903 g/mol. The molecule has 0 radical (unpaired) electrons. The minimum absolute atomic E-state index is 1.09. The predicted molar refractivity (Wildman–Crippen MR) is 314 cm³/mol. The van der Waals surface area contributed by atoms with Crippen LogP contribution in [-0.2, 0) is 0 Å². The van der Waals surface area contributed by atoms with Crippen LogP contribution < -0.4 is 4.90 Å². The van der Waals surface area contributed by atoms with Gasteiger partial charge >= 0.3 is 0 Å². The highest BCUT2D eigenvalue weighted by atomic mass is 32.1. The van der Waals surface area contributed by atoms with Gasteiger partial charge in [0.05, 0.1) is 22.1 Å². The van der Waals surface area contributed by atoms with E-state index >= 15 is 0 Å². The van der Waals surface area contributed by atoms with Crippen molar-refractivity contribution in [3.63, 3.8) is 0 Å². The van der Waals surface area contributed by atoms with E-state index in [1.54, 1.807) is 0 Å². The van der Waals surface area contributed by atoms with Gasteiger partial charge in [0.15, 0.2) is 0 Å². The van der Waals surface area contributed by atoms with Crippen molar-refractivity contribution in [2.45, 2.75) is 20.8 Å². The van der Waals surface area contributed by atoms with Gasteiger partial charge in [0.25, 0.3) is 0 Å². The Hall–Kier alpha value is -8.96. The Morgan fingerprint density at radius 2 is 0.808 bits per heavy atom. The molecule has 14 rings (SSSR count). The highest BCUT2D eigenvalue weighted by Gasteiger charge is 2.21. The van der Waals surface area contributed by atoms with Crippen LogP contribution in [0.5, 0.6) is 0 Å². The Bertz CT molecular complexity index is 4180. The van der Waals surface area contributed by atoms with Crippen molar-refractivity contribution in [3.8, 4) is 33.6 Å². The second kappa shape index (κ2) is 18.3. The molecule has 3 heterocycles. The number of nitrogens with zero attached hydrogens (tertiary/aromatic N) is 3. The lowest BCUT2D eigenvalue weighted by atomic mass is 9.92. The van der Waals surface area contributed by atoms with E-state index in [2.05, 4.69) is 271 Å². The Labute approximate surface area is 429 Å². The quantitative estimate of drug-likeness (QED) is 0.155. The van der Waals surface area contributed by atoms with Crippen LogP contribution in [0.4, 0.5) is 17.1 Å². The van der Waals surface area contributed by atoms with Crippen LogP contribution in [0, 0.1) is 20.8 Å². The molecule has 0 fully saturated rings. The van der Waals surface area contributed by atoms with Gasteiger partial charge in [0, 0.05) is 75.7 Å². The SMILES string of the molecule is Cc1cc(-c2ccc(N(c3ccc4c(c3)c3ccccc3n4-c3ccccc3)c3ccc4c(c3)c3ccccc3n4-c3ccccc3)cc2)ccc1-c1c(C)ccc2c1sc1ccccc12.Cc1ccccc1. The first-order chi connectivity index (χ1) is 36.0. The predicted octanol–water partition coefficient (Wildman–Crippen LogP) is 19.7. The molecule has 0 aliphatic heterocycles. The van der Waals surface area contributed by atoms with Crippen molar-refractivity contribution < 1.29 is 0 Å². The van der Waals surface area contributed by atoms with Gasteiger partial charge in [-0.2, -0.15) is 0 Å². The van der Waals surface area contributed by atoms with E-state index in [-0.39, 0.29) is 0 Å². The minimum Gasteiger partial charge on any atom is -0.310 e. The fourth-order valence-corrected chi connectivity index (χ4v) is 12.4. The van der Waals surface area contributed by atoms with Gasteiger partial charge < -0.3 is 14.0 Å². The van der Waals surface area contributed by atoms with Crippen LogP contribution in [0.2, 0.25) is 0 Å². The van der Waals surface area contributed by atoms with Gasteiger partial charge in [-0.05, 0) is 140 Å². The molecule has 73 heavy (non-hydrogen) atoms. The van der Waals surface area contributed by atoms with E-state index in [0.29, 0.717) is 0 Å². The molecule has 0 amide bonds. The number of anilines is 3. The molecule has 348 valence electrons. The average molecular weight is 954 g/mol. The summed E-state index contributed by atoms with van der Waals surface area (Å²) in [4.78, 5) is 2.43. The Morgan fingerprint density at radius 1 is 0.329 bits per heavy atom. The number of aryl methyl sites for hydroxylation is 3. The lowest BCUT2D eigenvalue weighted by Gasteiger charge is -2.26. The number of aromatic nitrogens is 2. The van der Waals surface area contributed by atoms with E-state index in [0.717, 1.165) is 28.4 Å². The highest BCUT2D eigenvalue weighted by Crippen LogP contribution is 2.45. The zero-order valence-electron chi connectivity index (χ0n) is 41.0. The van der Waals surface area contributed by atoms with Gasteiger partial charge in [-0.15, -0.1) is 11.3 Å². The second-order valence-corrected chi connectivity index (χ2v) is 20.1. The molecule has 3 aromatic heterocycles. The first-order valence-electron chi connectivity index (χ1n) is 25.1. The number of hydrogen-bond donors (Lipinski definition) is 0. The molecule has 0 aliphatic carbocycles. The molecule has 3 nitrogen and oxygen atoms in total. The third kappa shape index (κ3) is 7.75. The maximum Gasteiger partial charge on any atom is 0.0542 e. The van der Waals surface area contributed by atoms with E-state index in [1.807, 2.05) is 29.5 Å². The van der Waals surface area contributed by atoms with Gasteiger partial charge in [0.1, 0.15) is 0 Å². The number of rotatable bonds is 7. The largest absolute Gasteiger partial charge is 0.310 e. The van der Waals surface area contributed by atoms with Crippen LogP contribution in [0.15, 0.2) is 255 Å². The summed E-state index contributed by atoms with van der Waals surface area (Å²) in [6.07, 6.45) is 0. The van der Waals surface area contributed by atoms with Crippen LogP contribution in [-0.4, -0.2) is 9.13 Å². The summed E-state index contributed by atoms with van der Waals surface area (Å²) in [7, 11) is 0. The zero-order valence-corrected chi connectivity index (χ0v) is 41.8. The second-order valence-electron chi connectivity index (χ2n) is 19.1. The maximum absolute atomic E-state index is 2.43. The molecule has 0 saturated heterocycles. The van der Waals surface area contributed by atoms with Crippen LogP contribution >= 0.6 is 11.3 Å². The molecule has 0 unspecified atom stereocenters. The Morgan fingerprint density at radius 3 is 1.36 bits per heavy atom. The monoisotopic (exact) mass is 953 g/mol. The van der Waals surface area contributed by atoms with Crippen molar-refractivity contribution in [2.75, 3.05) is 4.90 Å². The van der Waals surface area contributed by atoms with Gasteiger partial charge in [0.2, 0.25) is 0 Å². The molecule has 0 spiro atoms. The van der Waals surface area contributed by atoms with Crippen LogP contribution in [0.3, 0.4) is 0 Å². The average Bonchev–Trinajstić information content (AvgIpc) is 4.10. The topological polar surface area (TPSA) is 13.1 Å². The summed E-state index contributed by atoms with van der Waals surface area (Å²) in [5, 5.41) is 7.56. The summed E-state index contributed by atoms with van der Waals surface area (Å²) in [5.74, 6) is 0. The number of benzene rings is 11. The van der Waals surface area contributed by atoms with Gasteiger partial charge in [-0.3, -0.25) is 0 Å². The van der Waals surface area contributed by atoms with Crippen LogP contribution in [0.1, 0.15) is 16.7 Å². The number of fused-ring (bicyclic) bond motifs is 9. The van der Waals surface area contributed by atoms with E-state index in [1.165, 1.54) is 103 Å². The number of thiophene rings is 1. The number of hydrogen-bond acceptors (Lipinski definition) is 2. The van der Waals surface area contributed by atoms with E-state index in [9.17, 15) is 0 Å². The summed E-state index contributed by atoms with van der Waals surface area (Å²) >= 11 is 1.90. The third-order valence-electron chi connectivity index (χ3n) is 14.5. The van der Waals surface area contributed by atoms with Crippen LogP contribution in [0.25, 0.3) is 97.4 Å². The first-order valence-corrected chi connectivity index (χ1v) is 25.9. The van der Waals surface area contributed by atoms with Crippen molar-refractivity contribution in [1.29, 1.82) is 0 Å². The van der Waals surface area contributed by atoms with Gasteiger partial charge in [-0.1, -0.05) is 169 Å². The van der Waals surface area contributed by atoms with Crippen molar-refractivity contribution in [2.24, 2.45) is 0 Å². The van der Waals surface area contributed by atoms with Crippen molar-refractivity contribution in [3.05, 3.63) is 271 Å². The summed E-state index contributed by atoms with van der Waals surface area (Å²) < 4.78 is 7.47. The molecule has 4 heteroatoms. The lowest BCUT2D eigenvalue weighted by Crippen LogP contribution is -2.10. The number of para-hydroxylation sites is 4. The standard InChI is InChI=1S/C62H43N3S.C7H8/c1-40-25-33-53-52-21-11-14-24-60(52)66-62(53)61(40)49-34-28-43(37-41(49)2)42-26-29-46(30-27-42)63(47-31-35-58-54(38-47)50-19-9-12-22-56(50)64(58)44-15-5-3-6-16-44)48-32-36-59-55(39-48)51-20-10-13-23-57(51)65(59)45-17-7-4-8-18-45;1-7-5-3-2-4-6-7/h3-39H,1-2H3;2-6H,1H3. The molecule has 0 bridgehead atoms. The molecule has 0 atom stereocenters. The Balaban J connectivity index is 0.000000683. The first kappa shape index (κ1) is 44.0. The Kier molecular flexibility index (Phi) is 11.1. The molecule has 0 saturated carbocycles. The van der Waals surface area contributed by atoms with E-state index in [4.69, 9.17) is 0 Å². The van der Waals surface area contributed by atoms with Crippen molar-refractivity contribution in [1.82, 2.24) is 9.13 Å². The van der Waals surface area contributed by atoms with Crippen molar-refractivity contribution >= 4 is 92.2 Å². The fourth-order valence-electron chi connectivity index (χ4n) is 11.0. The minimum atomic E-state index is 1.09.